The molecule has 0 unspecified atom stereocenters. The Labute approximate surface area is 103 Å². The van der Waals surface area contributed by atoms with E-state index in [0.29, 0.717) is 11.1 Å². The van der Waals surface area contributed by atoms with Crippen molar-refractivity contribution < 1.29 is 4.39 Å². The van der Waals surface area contributed by atoms with Gasteiger partial charge in [0.05, 0.1) is 0 Å². The lowest BCUT2D eigenvalue weighted by molar-refractivity contribution is 0.661. The molecule has 0 bridgehead atoms. The number of hydrogen-bond acceptors (Lipinski definition) is 1. The highest BCUT2D eigenvalue weighted by Crippen LogP contribution is 2.29. The van der Waals surface area contributed by atoms with Crippen molar-refractivity contribution in [2.75, 3.05) is 11.9 Å². The van der Waals surface area contributed by atoms with Crippen LogP contribution in [-0.4, -0.2) is 6.54 Å². The molecule has 92 valence electrons. The molecule has 0 aromatic heterocycles. The van der Waals surface area contributed by atoms with E-state index in [1.807, 2.05) is 32.0 Å². The van der Waals surface area contributed by atoms with Gasteiger partial charge in [-0.3, -0.25) is 0 Å². The first-order valence-corrected chi connectivity index (χ1v) is 5.84. The summed E-state index contributed by atoms with van der Waals surface area (Å²) in [6, 6.07) is 5.93. The van der Waals surface area contributed by atoms with Crippen molar-refractivity contribution >= 4 is 11.3 Å². The van der Waals surface area contributed by atoms with Gasteiger partial charge in [-0.05, 0) is 56.5 Å². The summed E-state index contributed by atoms with van der Waals surface area (Å²) < 4.78 is 13.9. The minimum atomic E-state index is -0.221. The van der Waals surface area contributed by atoms with E-state index in [0.717, 1.165) is 23.4 Å². The highest BCUT2D eigenvalue weighted by Gasteiger charge is 2.10. The molecule has 0 aliphatic carbocycles. The van der Waals surface area contributed by atoms with Crippen LogP contribution in [0.1, 0.15) is 31.9 Å². The Hall–Kier alpha value is -1.57. The predicted molar refractivity (Wildman–Crippen MR) is 73.9 cm³/mol. The van der Waals surface area contributed by atoms with E-state index in [9.17, 15) is 4.39 Å². The summed E-state index contributed by atoms with van der Waals surface area (Å²) in [5, 5.41) is 3.22. The lowest BCUT2D eigenvalue weighted by Gasteiger charge is -2.12. The first-order valence-electron chi connectivity index (χ1n) is 5.84. The lowest BCUT2D eigenvalue weighted by Crippen LogP contribution is -1.98. The van der Waals surface area contributed by atoms with Gasteiger partial charge in [-0.1, -0.05) is 12.6 Å². The van der Waals surface area contributed by atoms with Crippen molar-refractivity contribution in [3.8, 4) is 0 Å². The Balaban J connectivity index is 3.17. The summed E-state index contributed by atoms with van der Waals surface area (Å²) in [5.41, 5.74) is 4.01. The maximum absolute atomic E-state index is 13.9. The minimum Gasteiger partial charge on any atom is -0.385 e. The Bertz CT molecular complexity index is 454. The second-order valence-corrected chi connectivity index (χ2v) is 4.35. The zero-order valence-electron chi connectivity index (χ0n) is 11.0. The van der Waals surface area contributed by atoms with Crippen LogP contribution in [0.25, 0.3) is 5.57 Å². The van der Waals surface area contributed by atoms with Crippen molar-refractivity contribution in [1.82, 2.24) is 0 Å². The Morgan fingerprint density at radius 2 is 2.00 bits per heavy atom. The quantitative estimate of drug-likeness (QED) is 0.743. The average molecular weight is 233 g/mol. The number of anilines is 1. The molecule has 2 heteroatoms. The molecule has 0 aliphatic heterocycles. The van der Waals surface area contributed by atoms with Crippen molar-refractivity contribution in [3.63, 3.8) is 0 Å². The lowest BCUT2D eigenvalue weighted by atomic mass is 9.98. The molecule has 0 saturated heterocycles. The third-order valence-electron chi connectivity index (χ3n) is 2.65. The molecule has 0 fully saturated rings. The number of allylic oxidation sites excluding steroid dienone is 3. The largest absolute Gasteiger partial charge is 0.385 e. The van der Waals surface area contributed by atoms with E-state index in [4.69, 9.17) is 0 Å². The highest BCUT2D eigenvalue weighted by molar-refractivity contribution is 5.79. The standard InChI is InChI=1S/C15H20FN/c1-6-17-13-8-7-11(4)14(9-13)12(5)15(16)10(2)3/h7-9,17H,5-6H2,1-4H3. The van der Waals surface area contributed by atoms with E-state index in [1.54, 1.807) is 13.8 Å². The van der Waals surface area contributed by atoms with Crippen LogP contribution in [0.4, 0.5) is 10.1 Å². The van der Waals surface area contributed by atoms with Crippen LogP contribution in [0.3, 0.4) is 0 Å². The van der Waals surface area contributed by atoms with Gasteiger partial charge < -0.3 is 5.32 Å². The molecule has 0 heterocycles. The molecule has 0 amide bonds. The second-order valence-electron chi connectivity index (χ2n) is 4.35. The number of benzene rings is 1. The molecule has 0 radical (unpaired) electrons. The molecule has 17 heavy (non-hydrogen) atoms. The zero-order chi connectivity index (χ0) is 13.0. The summed E-state index contributed by atoms with van der Waals surface area (Å²) >= 11 is 0. The van der Waals surface area contributed by atoms with Crippen LogP contribution >= 0.6 is 0 Å². The fraction of sp³-hybridized carbons (Fsp3) is 0.333. The molecule has 1 rings (SSSR count). The number of aryl methyl sites for hydroxylation is 1. The van der Waals surface area contributed by atoms with Crippen molar-refractivity contribution in [1.29, 1.82) is 0 Å². The molecule has 0 atom stereocenters. The summed E-state index contributed by atoms with van der Waals surface area (Å²) in [6.45, 7) is 12.2. The van der Waals surface area contributed by atoms with Gasteiger partial charge in [0.1, 0.15) is 5.83 Å². The van der Waals surface area contributed by atoms with Gasteiger partial charge in [0, 0.05) is 17.8 Å². The van der Waals surface area contributed by atoms with Crippen molar-refractivity contribution in [2.45, 2.75) is 27.7 Å². The maximum Gasteiger partial charge on any atom is 0.129 e. The number of hydrogen-bond donors (Lipinski definition) is 1. The maximum atomic E-state index is 13.9. The van der Waals surface area contributed by atoms with Gasteiger partial charge in [-0.15, -0.1) is 0 Å². The van der Waals surface area contributed by atoms with Gasteiger partial charge in [-0.2, -0.15) is 0 Å². The Morgan fingerprint density at radius 1 is 1.35 bits per heavy atom. The number of halogens is 1. The molecule has 1 aromatic rings. The summed E-state index contributed by atoms with van der Waals surface area (Å²) in [5.74, 6) is -0.221. The van der Waals surface area contributed by atoms with Crippen LogP contribution in [0, 0.1) is 6.92 Å². The van der Waals surface area contributed by atoms with Gasteiger partial charge in [-0.25, -0.2) is 4.39 Å². The average Bonchev–Trinajstić information content (AvgIpc) is 2.30. The fourth-order valence-corrected chi connectivity index (χ4v) is 1.68. The zero-order valence-corrected chi connectivity index (χ0v) is 11.0. The molecular weight excluding hydrogens is 213 g/mol. The van der Waals surface area contributed by atoms with Crippen LogP contribution in [0.15, 0.2) is 36.2 Å². The smallest absolute Gasteiger partial charge is 0.129 e. The second kappa shape index (κ2) is 5.67. The molecule has 0 aliphatic rings. The van der Waals surface area contributed by atoms with E-state index >= 15 is 0 Å². The number of rotatable bonds is 4. The number of nitrogens with one attached hydrogen (secondary N) is 1. The van der Waals surface area contributed by atoms with Crippen LogP contribution in [-0.2, 0) is 0 Å². The van der Waals surface area contributed by atoms with Crippen LogP contribution < -0.4 is 5.32 Å². The van der Waals surface area contributed by atoms with Gasteiger partial charge in [0.15, 0.2) is 0 Å². The molecule has 0 saturated carbocycles. The Kier molecular flexibility index (Phi) is 4.50. The monoisotopic (exact) mass is 233 g/mol. The van der Waals surface area contributed by atoms with Gasteiger partial charge >= 0.3 is 0 Å². The van der Waals surface area contributed by atoms with Gasteiger partial charge in [0.2, 0.25) is 0 Å². The first kappa shape index (κ1) is 13.5. The molecule has 1 N–H and O–H groups in total. The predicted octanol–water partition coefficient (Wildman–Crippen LogP) is 4.70. The molecular formula is C15H20FN. The van der Waals surface area contributed by atoms with E-state index < -0.39 is 0 Å². The molecule has 1 nitrogen and oxygen atoms in total. The topological polar surface area (TPSA) is 12.0 Å². The van der Waals surface area contributed by atoms with E-state index in [1.165, 1.54) is 0 Å². The Morgan fingerprint density at radius 3 is 2.53 bits per heavy atom. The summed E-state index contributed by atoms with van der Waals surface area (Å²) in [7, 11) is 0. The SMILES string of the molecule is C=C(C(F)=C(C)C)c1cc(NCC)ccc1C. The molecule has 0 spiro atoms. The summed E-state index contributed by atoms with van der Waals surface area (Å²) in [6.07, 6.45) is 0. The fourth-order valence-electron chi connectivity index (χ4n) is 1.68. The van der Waals surface area contributed by atoms with E-state index in [2.05, 4.69) is 11.9 Å². The third kappa shape index (κ3) is 3.19. The molecule has 1 aromatic carbocycles. The van der Waals surface area contributed by atoms with Crippen LogP contribution in [0.2, 0.25) is 0 Å². The highest BCUT2D eigenvalue weighted by atomic mass is 19.1. The van der Waals surface area contributed by atoms with Crippen LogP contribution in [0.5, 0.6) is 0 Å². The van der Waals surface area contributed by atoms with Gasteiger partial charge in [0.25, 0.3) is 0 Å². The van der Waals surface area contributed by atoms with Crippen molar-refractivity contribution in [2.24, 2.45) is 0 Å². The normalized spacial score (nSPS) is 9.94. The summed E-state index contributed by atoms with van der Waals surface area (Å²) in [4.78, 5) is 0. The third-order valence-corrected chi connectivity index (χ3v) is 2.65. The first-order chi connectivity index (χ1) is 7.97. The minimum absolute atomic E-state index is 0.221. The van der Waals surface area contributed by atoms with E-state index in [-0.39, 0.29) is 5.83 Å². The van der Waals surface area contributed by atoms with Crippen molar-refractivity contribution in [3.05, 3.63) is 47.3 Å².